The van der Waals surface area contributed by atoms with Crippen LogP contribution in [0.5, 0.6) is 11.5 Å². The summed E-state index contributed by atoms with van der Waals surface area (Å²) in [6.07, 6.45) is 3.06. The van der Waals surface area contributed by atoms with Crippen molar-refractivity contribution in [3.8, 4) is 11.5 Å². The standard InChI is InChI=1S/C15H20O4/c1-15(2)6-5-11(9-15)19-13-7-10(8-14(17)18)3-4-12(13)16/h3-4,7,11,16H,5-6,8-9H2,1-2H3,(H,17,18). The molecule has 0 saturated heterocycles. The number of aromatic hydroxyl groups is 1. The van der Waals surface area contributed by atoms with Crippen molar-refractivity contribution >= 4 is 5.97 Å². The molecule has 2 rings (SSSR count). The van der Waals surface area contributed by atoms with Crippen LogP contribution in [0.3, 0.4) is 0 Å². The molecule has 1 aromatic rings. The molecule has 1 aromatic carbocycles. The first-order chi connectivity index (χ1) is 8.85. The fourth-order valence-corrected chi connectivity index (χ4v) is 2.59. The van der Waals surface area contributed by atoms with Crippen LogP contribution in [0.4, 0.5) is 0 Å². The van der Waals surface area contributed by atoms with Gasteiger partial charge in [0.05, 0.1) is 12.5 Å². The van der Waals surface area contributed by atoms with Gasteiger partial charge < -0.3 is 14.9 Å². The zero-order valence-electron chi connectivity index (χ0n) is 11.3. The van der Waals surface area contributed by atoms with Crippen LogP contribution in [-0.2, 0) is 11.2 Å². The fourth-order valence-electron chi connectivity index (χ4n) is 2.59. The van der Waals surface area contributed by atoms with Crippen molar-refractivity contribution in [3.05, 3.63) is 23.8 Å². The van der Waals surface area contributed by atoms with E-state index >= 15 is 0 Å². The summed E-state index contributed by atoms with van der Waals surface area (Å²) in [5.41, 5.74) is 0.913. The number of carboxylic acids is 1. The van der Waals surface area contributed by atoms with E-state index in [0.29, 0.717) is 11.3 Å². The Hall–Kier alpha value is -1.71. The van der Waals surface area contributed by atoms with Crippen LogP contribution in [-0.4, -0.2) is 22.3 Å². The lowest BCUT2D eigenvalue weighted by Gasteiger charge is -2.18. The maximum atomic E-state index is 10.7. The molecule has 4 nitrogen and oxygen atoms in total. The number of phenols is 1. The summed E-state index contributed by atoms with van der Waals surface area (Å²) >= 11 is 0. The Morgan fingerprint density at radius 1 is 1.47 bits per heavy atom. The van der Waals surface area contributed by atoms with Crippen LogP contribution < -0.4 is 4.74 Å². The normalized spacial score (nSPS) is 21.3. The lowest BCUT2D eigenvalue weighted by Crippen LogP contribution is -2.15. The number of hydrogen-bond acceptors (Lipinski definition) is 3. The summed E-state index contributed by atoms with van der Waals surface area (Å²) in [5, 5.41) is 18.6. The van der Waals surface area contributed by atoms with Gasteiger partial charge in [0.2, 0.25) is 0 Å². The highest BCUT2D eigenvalue weighted by Crippen LogP contribution is 2.40. The lowest BCUT2D eigenvalue weighted by atomic mass is 9.92. The highest BCUT2D eigenvalue weighted by atomic mass is 16.5. The van der Waals surface area contributed by atoms with Gasteiger partial charge >= 0.3 is 5.97 Å². The Morgan fingerprint density at radius 3 is 2.79 bits per heavy atom. The minimum atomic E-state index is -0.890. The van der Waals surface area contributed by atoms with Crippen molar-refractivity contribution in [2.45, 2.75) is 45.6 Å². The molecule has 1 atom stereocenters. The van der Waals surface area contributed by atoms with E-state index < -0.39 is 5.97 Å². The monoisotopic (exact) mass is 264 g/mol. The number of ether oxygens (including phenoxy) is 1. The molecule has 0 heterocycles. The van der Waals surface area contributed by atoms with Gasteiger partial charge in [0.15, 0.2) is 11.5 Å². The average molecular weight is 264 g/mol. The molecule has 0 spiro atoms. The molecule has 19 heavy (non-hydrogen) atoms. The largest absolute Gasteiger partial charge is 0.504 e. The van der Waals surface area contributed by atoms with Gasteiger partial charge in [-0.1, -0.05) is 19.9 Å². The summed E-state index contributed by atoms with van der Waals surface area (Å²) in [7, 11) is 0. The van der Waals surface area contributed by atoms with E-state index in [1.54, 1.807) is 12.1 Å². The Balaban J connectivity index is 2.09. The molecule has 1 fully saturated rings. The van der Waals surface area contributed by atoms with E-state index in [4.69, 9.17) is 9.84 Å². The number of aliphatic carboxylic acids is 1. The van der Waals surface area contributed by atoms with E-state index in [0.717, 1.165) is 19.3 Å². The SMILES string of the molecule is CC1(C)CCC(Oc2cc(CC(=O)O)ccc2O)C1. The van der Waals surface area contributed by atoms with Crippen LogP contribution in [0.2, 0.25) is 0 Å². The zero-order chi connectivity index (χ0) is 14.0. The lowest BCUT2D eigenvalue weighted by molar-refractivity contribution is -0.136. The number of carboxylic acid groups (broad SMARTS) is 1. The van der Waals surface area contributed by atoms with Crippen molar-refractivity contribution in [1.29, 1.82) is 0 Å². The average Bonchev–Trinajstić information content (AvgIpc) is 2.62. The van der Waals surface area contributed by atoms with Gasteiger partial charge in [-0.3, -0.25) is 4.79 Å². The predicted octanol–water partition coefficient (Wildman–Crippen LogP) is 2.98. The first-order valence-electron chi connectivity index (χ1n) is 6.56. The predicted molar refractivity (Wildman–Crippen MR) is 71.5 cm³/mol. The van der Waals surface area contributed by atoms with Crippen LogP contribution in [0.15, 0.2) is 18.2 Å². The minimum absolute atomic E-state index is 0.0627. The van der Waals surface area contributed by atoms with Crippen molar-refractivity contribution in [1.82, 2.24) is 0 Å². The number of hydrogen-bond donors (Lipinski definition) is 2. The fraction of sp³-hybridized carbons (Fsp3) is 0.533. The molecule has 0 radical (unpaired) electrons. The van der Waals surface area contributed by atoms with Gasteiger partial charge in [-0.25, -0.2) is 0 Å². The molecule has 4 heteroatoms. The molecule has 1 saturated carbocycles. The molecule has 0 bridgehead atoms. The maximum Gasteiger partial charge on any atom is 0.307 e. The summed E-state index contributed by atoms with van der Waals surface area (Å²) in [6, 6.07) is 4.72. The molecule has 1 aliphatic rings. The minimum Gasteiger partial charge on any atom is -0.504 e. The number of benzene rings is 1. The molecular formula is C15H20O4. The van der Waals surface area contributed by atoms with E-state index in [-0.39, 0.29) is 23.7 Å². The molecule has 0 aromatic heterocycles. The summed E-state index contributed by atoms with van der Waals surface area (Å²) in [5.74, 6) is -0.432. The number of phenolic OH excluding ortho intramolecular Hbond substituents is 1. The van der Waals surface area contributed by atoms with Gasteiger partial charge in [-0.2, -0.15) is 0 Å². The van der Waals surface area contributed by atoms with Crippen molar-refractivity contribution in [2.24, 2.45) is 5.41 Å². The van der Waals surface area contributed by atoms with Crippen molar-refractivity contribution in [2.75, 3.05) is 0 Å². The second-order valence-electron chi connectivity index (χ2n) is 6.02. The third kappa shape index (κ3) is 3.63. The zero-order valence-corrected chi connectivity index (χ0v) is 11.3. The molecule has 1 unspecified atom stereocenters. The topological polar surface area (TPSA) is 66.8 Å². The quantitative estimate of drug-likeness (QED) is 0.877. The molecular weight excluding hydrogens is 244 g/mol. The molecule has 104 valence electrons. The Labute approximate surface area is 113 Å². The highest BCUT2D eigenvalue weighted by Gasteiger charge is 2.32. The van der Waals surface area contributed by atoms with E-state index in [9.17, 15) is 9.90 Å². The third-order valence-corrected chi connectivity index (χ3v) is 3.60. The highest BCUT2D eigenvalue weighted by molar-refractivity contribution is 5.70. The number of rotatable bonds is 4. The van der Waals surface area contributed by atoms with Crippen molar-refractivity contribution < 1.29 is 19.7 Å². The Morgan fingerprint density at radius 2 is 2.21 bits per heavy atom. The molecule has 1 aliphatic carbocycles. The van der Waals surface area contributed by atoms with Gasteiger partial charge in [0, 0.05) is 0 Å². The van der Waals surface area contributed by atoms with E-state index in [2.05, 4.69) is 13.8 Å². The second kappa shape index (κ2) is 5.11. The Kier molecular flexibility index (Phi) is 3.69. The first kappa shape index (κ1) is 13.7. The third-order valence-electron chi connectivity index (χ3n) is 3.60. The molecule has 0 amide bonds. The number of carbonyl (C=O) groups is 1. The van der Waals surface area contributed by atoms with Gasteiger partial charge in [-0.15, -0.1) is 0 Å². The summed E-state index contributed by atoms with van der Waals surface area (Å²) in [6.45, 7) is 4.41. The van der Waals surface area contributed by atoms with Gasteiger partial charge in [-0.05, 0) is 42.4 Å². The smallest absolute Gasteiger partial charge is 0.307 e. The molecule has 2 N–H and O–H groups in total. The summed E-state index contributed by atoms with van der Waals surface area (Å²) in [4.78, 5) is 10.7. The van der Waals surface area contributed by atoms with E-state index in [1.165, 1.54) is 6.07 Å². The van der Waals surface area contributed by atoms with E-state index in [1.807, 2.05) is 0 Å². The maximum absolute atomic E-state index is 10.7. The second-order valence-corrected chi connectivity index (χ2v) is 6.02. The van der Waals surface area contributed by atoms with Crippen LogP contribution >= 0.6 is 0 Å². The van der Waals surface area contributed by atoms with Crippen LogP contribution in [0.25, 0.3) is 0 Å². The van der Waals surface area contributed by atoms with Crippen LogP contribution in [0, 0.1) is 5.41 Å². The first-order valence-corrected chi connectivity index (χ1v) is 6.56. The summed E-state index contributed by atoms with van der Waals surface area (Å²) < 4.78 is 5.82. The molecule has 0 aliphatic heterocycles. The van der Waals surface area contributed by atoms with Crippen LogP contribution in [0.1, 0.15) is 38.7 Å². The van der Waals surface area contributed by atoms with Gasteiger partial charge in [0.1, 0.15) is 0 Å². The Bertz CT molecular complexity index is 479. The van der Waals surface area contributed by atoms with Gasteiger partial charge in [0.25, 0.3) is 0 Å². The van der Waals surface area contributed by atoms with Crippen molar-refractivity contribution in [3.63, 3.8) is 0 Å².